The van der Waals surface area contributed by atoms with E-state index in [4.69, 9.17) is 0 Å². The van der Waals surface area contributed by atoms with Gasteiger partial charge in [-0.2, -0.15) is 0 Å². The largest absolute Gasteiger partial charge is 0.335 e. The molecular weight excluding hydrogens is 456 g/mol. The molecular formula is C23H22N6O4S. The Morgan fingerprint density at radius 3 is 2.26 bits per heavy atom. The zero-order valence-electron chi connectivity index (χ0n) is 18.2. The van der Waals surface area contributed by atoms with Crippen LogP contribution in [0, 0.1) is 10.1 Å². The molecule has 0 unspecified atom stereocenters. The number of piperazine rings is 1. The fourth-order valence-electron chi connectivity index (χ4n) is 4.24. The number of rotatable bonds is 5. The van der Waals surface area contributed by atoms with Crippen molar-refractivity contribution in [2.75, 3.05) is 39.3 Å². The topological polar surface area (TPSA) is 113 Å². The third-order valence-corrected chi connectivity index (χ3v) is 7.03. The Balaban J connectivity index is 1.12. The van der Waals surface area contributed by atoms with Crippen LogP contribution >= 0.6 is 11.3 Å². The van der Waals surface area contributed by atoms with Crippen molar-refractivity contribution in [1.82, 2.24) is 24.7 Å². The number of likely N-dealkylation sites (tertiary alicyclic amines) is 1. The van der Waals surface area contributed by atoms with E-state index in [1.165, 1.54) is 23.6 Å². The molecule has 0 bridgehead atoms. The summed E-state index contributed by atoms with van der Waals surface area (Å²) in [4.78, 5) is 49.9. The predicted molar refractivity (Wildman–Crippen MR) is 126 cm³/mol. The van der Waals surface area contributed by atoms with Gasteiger partial charge in [-0.3, -0.25) is 24.6 Å². The summed E-state index contributed by atoms with van der Waals surface area (Å²) in [7, 11) is 0. The Kier molecular flexibility index (Phi) is 6.03. The van der Waals surface area contributed by atoms with Crippen molar-refractivity contribution in [1.29, 1.82) is 0 Å². The molecule has 1 aromatic carbocycles. The van der Waals surface area contributed by atoms with E-state index in [0.717, 1.165) is 18.7 Å². The van der Waals surface area contributed by atoms with Crippen molar-refractivity contribution in [3.8, 4) is 11.3 Å². The van der Waals surface area contributed by atoms with E-state index in [1.807, 2.05) is 15.2 Å². The molecule has 0 saturated carbocycles. The third-order valence-electron chi connectivity index (χ3n) is 6.27. The summed E-state index contributed by atoms with van der Waals surface area (Å²) in [5.41, 5.74) is 1.94. The molecule has 2 saturated heterocycles. The van der Waals surface area contributed by atoms with Gasteiger partial charge in [-0.25, -0.2) is 9.97 Å². The molecule has 11 heteroatoms. The number of nitro groups is 1. The van der Waals surface area contributed by atoms with Crippen LogP contribution < -0.4 is 0 Å². The maximum Gasteiger partial charge on any atom is 0.287 e. The SMILES string of the molecule is O=C(c1ccc(-c2ccc([N+](=O)[O-])cn2)cc1)N1CC(N2CCN(C(=O)c3nccs3)CC2)C1. The number of benzene rings is 1. The van der Waals surface area contributed by atoms with Crippen LogP contribution in [0.4, 0.5) is 5.69 Å². The summed E-state index contributed by atoms with van der Waals surface area (Å²) >= 11 is 1.36. The minimum atomic E-state index is -0.485. The lowest BCUT2D eigenvalue weighted by atomic mass is 10.0. The maximum absolute atomic E-state index is 12.9. The van der Waals surface area contributed by atoms with Gasteiger partial charge in [0.05, 0.1) is 10.6 Å². The zero-order valence-corrected chi connectivity index (χ0v) is 19.1. The Morgan fingerprint density at radius 1 is 0.941 bits per heavy atom. The van der Waals surface area contributed by atoms with Crippen LogP contribution in [0.2, 0.25) is 0 Å². The molecule has 2 aliphatic rings. The molecule has 0 spiro atoms. The van der Waals surface area contributed by atoms with Gasteiger partial charge in [0.2, 0.25) is 0 Å². The van der Waals surface area contributed by atoms with Crippen molar-refractivity contribution < 1.29 is 14.5 Å². The lowest BCUT2D eigenvalue weighted by Crippen LogP contribution is -2.64. The van der Waals surface area contributed by atoms with Crippen LogP contribution in [0.3, 0.4) is 0 Å². The van der Waals surface area contributed by atoms with E-state index in [-0.39, 0.29) is 17.5 Å². The van der Waals surface area contributed by atoms with Crippen molar-refractivity contribution in [2.45, 2.75) is 6.04 Å². The molecule has 0 N–H and O–H groups in total. The highest BCUT2D eigenvalue weighted by molar-refractivity contribution is 7.11. The number of hydrogen-bond donors (Lipinski definition) is 0. The number of carbonyl (C=O) groups excluding carboxylic acids is 2. The molecule has 2 amide bonds. The second kappa shape index (κ2) is 9.27. The van der Waals surface area contributed by atoms with Gasteiger partial charge in [0.1, 0.15) is 6.20 Å². The smallest absolute Gasteiger partial charge is 0.287 e. The number of aromatic nitrogens is 2. The Morgan fingerprint density at radius 2 is 1.68 bits per heavy atom. The van der Waals surface area contributed by atoms with Crippen LogP contribution in [0.25, 0.3) is 11.3 Å². The number of hydrogen-bond acceptors (Lipinski definition) is 8. The molecule has 2 fully saturated rings. The monoisotopic (exact) mass is 478 g/mol. The minimum absolute atomic E-state index is 0.00700. The third kappa shape index (κ3) is 4.39. The summed E-state index contributed by atoms with van der Waals surface area (Å²) in [5.74, 6) is -0.0236. The molecule has 2 aliphatic heterocycles. The quantitative estimate of drug-likeness (QED) is 0.409. The first-order chi connectivity index (χ1) is 16.5. The summed E-state index contributed by atoms with van der Waals surface area (Å²) in [6.45, 7) is 4.26. The van der Waals surface area contributed by atoms with Crippen LogP contribution in [-0.2, 0) is 0 Å². The number of carbonyl (C=O) groups is 2. The summed E-state index contributed by atoms with van der Waals surface area (Å²) < 4.78 is 0. The van der Waals surface area contributed by atoms with Gasteiger partial charge in [0.15, 0.2) is 5.01 Å². The fraction of sp³-hybridized carbons (Fsp3) is 0.304. The first-order valence-corrected chi connectivity index (χ1v) is 11.8. The van der Waals surface area contributed by atoms with Gasteiger partial charge in [0.25, 0.3) is 17.5 Å². The molecule has 174 valence electrons. The van der Waals surface area contributed by atoms with Crippen LogP contribution in [-0.4, -0.2) is 86.7 Å². The van der Waals surface area contributed by atoms with E-state index in [9.17, 15) is 19.7 Å². The first kappa shape index (κ1) is 22.1. The molecule has 3 aromatic rings. The molecule has 0 atom stereocenters. The average Bonchev–Trinajstić information content (AvgIpc) is 3.38. The summed E-state index contributed by atoms with van der Waals surface area (Å²) in [6, 6.07) is 10.4. The van der Waals surface area contributed by atoms with Gasteiger partial charge in [0, 0.05) is 74.1 Å². The van der Waals surface area contributed by atoms with E-state index < -0.39 is 4.92 Å². The molecule has 4 heterocycles. The summed E-state index contributed by atoms with van der Waals surface area (Å²) in [6.07, 6.45) is 2.87. The average molecular weight is 479 g/mol. The lowest BCUT2D eigenvalue weighted by Gasteiger charge is -2.48. The number of nitrogens with zero attached hydrogens (tertiary/aromatic N) is 6. The minimum Gasteiger partial charge on any atom is -0.335 e. The highest BCUT2D eigenvalue weighted by Gasteiger charge is 2.37. The maximum atomic E-state index is 12.9. The number of thiazole rings is 1. The molecule has 2 aromatic heterocycles. The van der Waals surface area contributed by atoms with E-state index in [1.54, 1.807) is 36.5 Å². The summed E-state index contributed by atoms with van der Waals surface area (Å²) in [5, 5.41) is 13.1. The number of amides is 2. The first-order valence-electron chi connectivity index (χ1n) is 10.9. The molecule has 0 radical (unpaired) electrons. The Hall–Kier alpha value is -3.70. The second-order valence-electron chi connectivity index (χ2n) is 8.27. The zero-order chi connectivity index (χ0) is 23.7. The fourth-order valence-corrected chi connectivity index (χ4v) is 4.84. The van der Waals surface area contributed by atoms with Crippen molar-refractivity contribution in [2.24, 2.45) is 0 Å². The molecule has 5 rings (SSSR count). The Labute approximate surface area is 199 Å². The van der Waals surface area contributed by atoms with E-state index in [2.05, 4.69) is 14.9 Å². The second-order valence-corrected chi connectivity index (χ2v) is 9.16. The van der Waals surface area contributed by atoms with Gasteiger partial charge < -0.3 is 9.80 Å². The normalized spacial score (nSPS) is 16.8. The molecule has 10 nitrogen and oxygen atoms in total. The van der Waals surface area contributed by atoms with Gasteiger partial charge in [-0.05, 0) is 18.2 Å². The number of pyridine rings is 1. The van der Waals surface area contributed by atoms with Crippen molar-refractivity contribution in [3.05, 3.63) is 74.9 Å². The van der Waals surface area contributed by atoms with Gasteiger partial charge in [-0.1, -0.05) is 12.1 Å². The highest BCUT2D eigenvalue weighted by Crippen LogP contribution is 2.23. The van der Waals surface area contributed by atoms with Crippen LogP contribution in [0.1, 0.15) is 20.2 Å². The van der Waals surface area contributed by atoms with Crippen LogP contribution in [0.5, 0.6) is 0 Å². The van der Waals surface area contributed by atoms with E-state index in [0.29, 0.717) is 48.5 Å². The van der Waals surface area contributed by atoms with E-state index >= 15 is 0 Å². The van der Waals surface area contributed by atoms with Crippen LogP contribution in [0.15, 0.2) is 54.2 Å². The van der Waals surface area contributed by atoms with Crippen molar-refractivity contribution >= 4 is 28.8 Å². The highest BCUT2D eigenvalue weighted by atomic mass is 32.1. The molecule has 0 aliphatic carbocycles. The standard InChI is InChI=1S/C23H22N6O4S/c30-22(17-3-1-16(2-4-17)20-6-5-18(13-25-20)29(32)33)28-14-19(15-28)26-8-10-27(11-9-26)23(31)21-24-7-12-34-21/h1-7,12-13,19H,8-11,14-15H2. The van der Waals surface area contributed by atoms with Gasteiger partial charge in [-0.15, -0.1) is 11.3 Å². The lowest BCUT2D eigenvalue weighted by molar-refractivity contribution is -0.385. The predicted octanol–water partition coefficient (Wildman–Crippen LogP) is 2.40. The van der Waals surface area contributed by atoms with Gasteiger partial charge >= 0.3 is 0 Å². The molecule has 34 heavy (non-hydrogen) atoms. The Bertz CT molecular complexity index is 1190. The van der Waals surface area contributed by atoms with Crippen molar-refractivity contribution in [3.63, 3.8) is 0 Å².